The van der Waals surface area contributed by atoms with Gasteiger partial charge in [-0.15, -0.1) is 0 Å². The molecule has 7 nitrogen and oxygen atoms in total. The molecule has 0 unspecified atom stereocenters. The van der Waals surface area contributed by atoms with Crippen molar-refractivity contribution in [2.24, 2.45) is 11.8 Å². The molecular weight excluding hydrogens is 440 g/mol. The van der Waals surface area contributed by atoms with Crippen molar-refractivity contribution >= 4 is 29.0 Å². The predicted octanol–water partition coefficient (Wildman–Crippen LogP) is 4.61. The maximum atomic E-state index is 12.7. The Morgan fingerprint density at radius 2 is 1.66 bits per heavy atom. The second kappa shape index (κ2) is 10.1. The second-order valence-corrected chi connectivity index (χ2v) is 9.12. The number of nitrogens with one attached hydrogen (secondary N) is 1. The first-order chi connectivity index (χ1) is 17.1. The van der Waals surface area contributed by atoms with E-state index in [0.717, 1.165) is 35.2 Å². The van der Waals surface area contributed by atoms with Crippen molar-refractivity contribution in [2.75, 3.05) is 17.3 Å². The van der Waals surface area contributed by atoms with Crippen molar-refractivity contribution in [3.8, 4) is 0 Å². The van der Waals surface area contributed by atoms with Crippen LogP contribution in [0.3, 0.4) is 0 Å². The molecule has 1 aromatic heterocycles. The van der Waals surface area contributed by atoms with Crippen LogP contribution in [0, 0.1) is 11.8 Å². The number of fused-ring (bicyclic) bond motifs is 1. The Bertz CT molecular complexity index is 1200. The van der Waals surface area contributed by atoms with Gasteiger partial charge in [0.1, 0.15) is 12.0 Å². The third-order valence-electron chi connectivity index (χ3n) is 6.62. The standard InChI is InChI=1S/C28H28N4O3/c1-35-28(34)23-13-21(14-23)12-22-15-24(33)31-26-25(22)29-18-30-27(26)32(16-19-8-4-2-5-9-19)17-20-10-6-3-7-11-20/h2-12,18,21,23H,13-17H2,1H3,(H,31,33)/b22-12-. The first kappa shape index (κ1) is 22.8. The highest BCUT2D eigenvalue weighted by Crippen LogP contribution is 2.41. The molecule has 0 radical (unpaired) electrons. The number of hydrogen-bond donors (Lipinski definition) is 1. The minimum absolute atomic E-state index is 0.0630. The molecule has 2 aliphatic rings. The SMILES string of the molecule is COC(=O)C1CC(/C=C2/CC(=O)Nc3c2ncnc3N(Cc2ccccc2)Cc2ccccc2)C1. The molecule has 5 rings (SSSR count). The third kappa shape index (κ3) is 5.09. The molecule has 2 heterocycles. The molecule has 0 bridgehead atoms. The van der Waals surface area contributed by atoms with Crippen molar-refractivity contribution in [3.63, 3.8) is 0 Å². The molecule has 0 spiro atoms. The van der Waals surface area contributed by atoms with Gasteiger partial charge in [-0.05, 0) is 35.5 Å². The molecule has 1 fully saturated rings. The Kier molecular flexibility index (Phi) is 6.57. The summed E-state index contributed by atoms with van der Waals surface area (Å²) in [6, 6.07) is 20.4. The van der Waals surface area contributed by atoms with Gasteiger partial charge in [-0.3, -0.25) is 9.59 Å². The summed E-state index contributed by atoms with van der Waals surface area (Å²) in [5, 5.41) is 3.04. The molecule has 0 atom stereocenters. The van der Waals surface area contributed by atoms with E-state index in [1.165, 1.54) is 7.11 Å². The fraction of sp³-hybridized carbons (Fsp3) is 0.286. The molecule has 0 saturated heterocycles. The molecule has 178 valence electrons. The van der Waals surface area contributed by atoms with Crippen LogP contribution in [-0.2, 0) is 27.4 Å². The molecule has 7 heteroatoms. The summed E-state index contributed by atoms with van der Waals surface area (Å²) in [6.07, 6.45) is 5.41. The lowest BCUT2D eigenvalue weighted by atomic mass is 9.73. The van der Waals surface area contributed by atoms with Crippen LogP contribution in [-0.4, -0.2) is 29.0 Å². The normalized spacial score (nSPS) is 19.9. The number of amides is 1. The van der Waals surface area contributed by atoms with Crippen LogP contribution >= 0.6 is 0 Å². The number of esters is 1. The van der Waals surface area contributed by atoms with Crippen molar-refractivity contribution in [3.05, 3.63) is 89.9 Å². The summed E-state index contributed by atoms with van der Waals surface area (Å²) in [6.45, 7) is 1.27. The van der Waals surface area contributed by atoms with Crippen LogP contribution in [0.4, 0.5) is 11.5 Å². The average molecular weight is 469 g/mol. The number of carbonyl (C=O) groups is 2. The highest BCUT2D eigenvalue weighted by Gasteiger charge is 2.35. The van der Waals surface area contributed by atoms with Crippen molar-refractivity contribution in [2.45, 2.75) is 32.4 Å². The molecule has 3 aromatic rings. The fourth-order valence-corrected chi connectivity index (χ4v) is 4.81. The van der Waals surface area contributed by atoms with Gasteiger partial charge in [0.05, 0.1) is 25.1 Å². The Labute approximate surface area is 204 Å². The monoisotopic (exact) mass is 468 g/mol. The van der Waals surface area contributed by atoms with Gasteiger partial charge in [0.25, 0.3) is 0 Å². The van der Waals surface area contributed by atoms with Crippen LogP contribution in [0.2, 0.25) is 0 Å². The summed E-state index contributed by atoms with van der Waals surface area (Å²) in [4.78, 5) is 35.9. The maximum Gasteiger partial charge on any atom is 0.308 e. The smallest absolute Gasteiger partial charge is 0.308 e. The molecule has 1 amide bonds. The number of rotatable bonds is 7. The molecule has 2 aromatic carbocycles. The van der Waals surface area contributed by atoms with Crippen LogP contribution in [0.1, 0.15) is 36.1 Å². The van der Waals surface area contributed by atoms with Gasteiger partial charge >= 0.3 is 5.97 Å². The lowest BCUT2D eigenvalue weighted by molar-refractivity contribution is -0.149. The van der Waals surface area contributed by atoms with Crippen LogP contribution in [0.15, 0.2) is 73.1 Å². The summed E-state index contributed by atoms with van der Waals surface area (Å²) < 4.78 is 4.86. The number of benzene rings is 2. The van der Waals surface area contributed by atoms with E-state index in [1.54, 1.807) is 6.33 Å². The van der Waals surface area contributed by atoms with Crippen molar-refractivity contribution in [1.29, 1.82) is 0 Å². The summed E-state index contributed by atoms with van der Waals surface area (Å²) in [5.74, 6) is 0.622. The van der Waals surface area contributed by atoms with Gasteiger partial charge in [0.2, 0.25) is 5.91 Å². The lowest BCUT2D eigenvalue weighted by Gasteiger charge is -2.33. The third-order valence-corrected chi connectivity index (χ3v) is 6.62. The van der Waals surface area contributed by atoms with Crippen molar-refractivity contribution < 1.29 is 14.3 Å². The van der Waals surface area contributed by atoms with E-state index in [9.17, 15) is 9.59 Å². The van der Waals surface area contributed by atoms with E-state index in [2.05, 4.69) is 50.5 Å². The summed E-state index contributed by atoms with van der Waals surface area (Å²) >= 11 is 0. The number of ether oxygens (including phenoxy) is 1. The minimum atomic E-state index is -0.163. The first-order valence-electron chi connectivity index (χ1n) is 11.9. The highest BCUT2D eigenvalue weighted by atomic mass is 16.5. The van der Waals surface area contributed by atoms with Crippen LogP contribution in [0.25, 0.3) is 5.57 Å². The van der Waals surface area contributed by atoms with E-state index in [1.807, 2.05) is 36.4 Å². The number of aromatic nitrogens is 2. The van der Waals surface area contributed by atoms with E-state index in [-0.39, 0.29) is 30.1 Å². The number of allylic oxidation sites excluding steroid dienone is 1. The summed E-state index contributed by atoms with van der Waals surface area (Å²) in [5.41, 5.74) is 4.59. The molecular formula is C28H28N4O3. The Morgan fingerprint density at radius 1 is 1.03 bits per heavy atom. The topological polar surface area (TPSA) is 84.4 Å². The van der Waals surface area contributed by atoms with Gasteiger partial charge in [-0.25, -0.2) is 9.97 Å². The van der Waals surface area contributed by atoms with Gasteiger partial charge in [-0.2, -0.15) is 0 Å². The minimum Gasteiger partial charge on any atom is -0.469 e. The molecule has 1 aliphatic heterocycles. The van der Waals surface area contributed by atoms with E-state index in [0.29, 0.717) is 24.6 Å². The average Bonchev–Trinajstić information content (AvgIpc) is 2.86. The van der Waals surface area contributed by atoms with Gasteiger partial charge in [-0.1, -0.05) is 66.7 Å². The van der Waals surface area contributed by atoms with E-state index >= 15 is 0 Å². The highest BCUT2D eigenvalue weighted by molar-refractivity contribution is 6.06. The number of anilines is 2. The summed E-state index contributed by atoms with van der Waals surface area (Å²) in [7, 11) is 1.42. The van der Waals surface area contributed by atoms with Gasteiger partial charge < -0.3 is 15.0 Å². The lowest BCUT2D eigenvalue weighted by Crippen LogP contribution is -2.31. The predicted molar refractivity (Wildman–Crippen MR) is 134 cm³/mol. The molecule has 35 heavy (non-hydrogen) atoms. The zero-order valence-electron chi connectivity index (χ0n) is 19.7. The van der Waals surface area contributed by atoms with Crippen LogP contribution in [0.5, 0.6) is 0 Å². The second-order valence-electron chi connectivity index (χ2n) is 9.12. The van der Waals surface area contributed by atoms with Crippen LogP contribution < -0.4 is 10.2 Å². The molecule has 1 N–H and O–H groups in total. The first-order valence-corrected chi connectivity index (χ1v) is 11.9. The zero-order valence-corrected chi connectivity index (χ0v) is 19.7. The largest absolute Gasteiger partial charge is 0.469 e. The molecule has 1 saturated carbocycles. The molecule has 1 aliphatic carbocycles. The van der Waals surface area contributed by atoms with E-state index < -0.39 is 0 Å². The van der Waals surface area contributed by atoms with Crippen molar-refractivity contribution in [1.82, 2.24) is 9.97 Å². The number of nitrogens with zero attached hydrogens (tertiary/aromatic N) is 3. The van der Waals surface area contributed by atoms with Gasteiger partial charge in [0, 0.05) is 13.1 Å². The number of hydrogen-bond acceptors (Lipinski definition) is 6. The zero-order chi connectivity index (χ0) is 24.2. The van der Waals surface area contributed by atoms with E-state index in [4.69, 9.17) is 4.74 Å². The quantitative estimate of drug-likeness (QED) is 0.510. The number of carbonyl (C=O) groups excluding carboxylic acids is 2. The van der Waals surface area contributed by atoms with Gasteiger partial charge in [0.15, 0.2) is 5.82 Å². The maximum absolute atomic E-state index is 12.7. The fourth-order valence-electron chi connectivity index (χ4n) is 4.81. The Morgan fingerprint density at radius 3 is 2.26 bits per heavy atom. The number of methoxy groups -OCH3 is 1. The Balaban J connectivity index is 1.48. The Hall–Kier alpha value is -4.00.